The van der Waals surface area contributed by atoms with Crippen LogP contribution in [0.25, 0.3) is 0 Å². The number of Topliss-reactive ketones (excluding diaryl/α,β-unsaturated/α-hetero) is 2. The summed E-state index contributed by atoms with van der Waals surface area (Å²) >= 11 is 0. The van der Waals surface area contributed by atoms with Crippen LogP contribution in [0.1, 0.15) is 207 Å². The molecular weight excluding hydrogens is 1340 g/mol. The molecule has 5 aliphatic rings. The lowest BCUT2D eigenvalue weighted by Crippen LogP contribution is -2.37. The van der Waals surface area contributed by atoms with Crippen LogP contribution in [-0.2, 0) is 101 Å². The summed E-state index contributed by atoms with van der Waals surface area (Å²) in [5, 5.41) is 7.07. The van der Waals surface area contributed by atoms with Crippen molar-refractivity contribution in [3.8, 4) is 0 Å². The molecule has 0 spiro atoms. The van der Waals surface area contributed by atoms with E-state index in [1.807, 2.05) is 125 Å². The van der Waals surface area contributed by atoms with Gasteiger partial charge in [-0.3, -0.25) is 71.6 Å². The summed E-state index contributed by atoms with van der Waals surface area (Å²) in [6, 6.07) is 0.312. The summed E-state index contributed by atoms with van der Waals surface area (Å²) in [6.45, 7) is 64.8. The second-order valence-corrected chi connectivity index (χ2v) is 28.6. The zero-order chi connectivity index (χ0) is 80.3. The van der Waals surface area contributed by atoms with Crippen molar-refractivity contribution in [3.05, 3.63) is 84.2 Å². The molecule has 2 saturated heterocycles. The van der Waals surface area contributed by atoms with Crippen molar-refractivity contribution in [1.29, 1.82) is 0 Å². The second-order valence-electron chi connectivity index (χ2n) is 25.5. The van der Waals surface area contributed by atoms with Gasteiger partial charge in [-0.05, 0) is 158 Å². The molecule has 0 aromatic rings. The highest BCUT2D eigenvalue weighted by Crippen LogP contribution is 2.29. The summed E-state index contributed by atoms with van der Waals surface area (Å²) in [5.74, 6) is -0.819. The molecule has 5 rings (SSSR count). The van der Waals surface area contributed by atoms with E-state index in [1.165, 1.54) is 39.0 Å². The molecule has 2 unspecified atom stereocenters. The Morgan fingerprint density at radius 3 is 1.13 bits per heavy atom. The number of hydrogen-bond acceptors (Lipinski definition) is 21. The summed E-state index contributed by atoms with van der Waals surface area (Å²) in [4.78, 5) is 134. The molecule has 574 valence electrons. The van der Waals surface area contributed by atoms with Crippen molar-refractivity contribution < 1.29 is 97.5 Å². The largest absolute Gasteiger partial charge is 0.463 e. The number of imide groups is 3. The fraction of sp³-hybridized carbons (Fsp3) is 0.634. The van der Waals surface area contributed by atoms with Crippen LogP contribution < -0.4 is 15.4 Å². The first-order valence-electron chi connectivity index (χ1n) is 33.0. The Kier molecular flexibility index (Phi) is 54.4. The highest BCUT2D eigenvalue weighted by Gasteiger charge is 2.47. The number of rotatable bonds is 21. The third-order valence-corrected chi connectivity index (χ3v) is 14.0. The van der Waals surface area contributed by atoms with Crippen LogP contribution >= 0.6 is 0 Å². The number of epoxide rings is 2. The topological polar surface area (TPSA) is 372 Å². The number of carbonyl (C=O) groups excluding carboxylic acids is 12. The lowest BCUT2D eigenvalue weighted by atomic mass is 9.98. The summed E-state index contributed by atoms with van der Waals surface area (Å²) in [5.41, 5.74) is 1.28. The van der Waals surface area contributed by atoms with Crippen LogP contribution in [0.4, 0.5) is 0 Å². The fourth-order valence-electron chi connectivity index (χ4n) is 6.78. The first-order chi connectivity index (χ1) is 45.5. The van der Waals surface area contributed by atoms with Gasteiger partial charge in [0.15, 0.2) is 11.6 Å². The number of carbonyl (C=O) groups is 12. The van der Waals surface area contributed by atoms with Crippen LogP contribution in [0.3, 0.4) is 0 Å². The number of nitrogens with zero attached hydrogens (tertiary/aromatic N) is 3. The molecular formula is C71H122N6O21S2. The smallest absolute Gasteiger partial charge is 0.330 e. The molecule has 2 fully saturated rings. The molecule has 100 heavy (non-hydrogen) atoms. The van der Waals surface area contributed by atoms with E-state index < -0.39 is 25.7 Å². The molecule has 0 bridgehead atoms. The molecule has 8 amide bonds. The van der Waals surface area contributed by atoms with Crippen molar-refractivity contribution in [2.75, 3.05) is 13.2 Å². The summed E-state index contributed by atoms with van der Waals surface area (Å²) < 4.78 is 68.0. The van der Waals surface area contributed by atoms with Gasteiger partial charge in [-0.1, -0.05) is 67.9 Å². The van der Waals surface area contributed by atoms with E-state index in [-0.39, 0.29) is 143 Å². The Morgan fingerprint density at radius 2 is 0.990 bits per heavy atom. The van der Waals surface area contributed by atoms with E-state index in [1.54, 1.807) is 69.2 Å². The van der Waals surface area contributed by atoms with Crippen LogP contribution in [0.2, 0.25) is 0 Å². The molecule has 0 radical (unpaired) electrons. The Hall–Kier alpha value is -7.44. The zero-order valence-electron chi connectivity index (χ0n) is 64.9. The molecule has 0 saturated carbocycles. The minimum Gasteiger partial charge on any atom is -0.463 e. The third-order valence-electron chi connectivity index (χ3n) is 11.7. The number of esters is 2. The van der Waals surface area contributed by atoms with Gasteiger partial charge >= 0.3 is 11.9 Å². The maximum absolute atomic E-state index is 11.4. The monoisotopic (exact) mass is 1460 g/mol. The highest BCUT2D eigenvalue weighted by atomic mass is 32.2. The van der Waals surface area contributed by atoms with Crippen LogP contribution in [-0.4, -0.2) is 182 Å². The van der Waals surface area contributed by atoms with Gasteiger partial charge in [0.25, 0.3) is 45.6 Å². The number of nitrogens with one attached hydrogen (secondary N) is 3. The molecule has 2 atom stereocenters. The van der Waals surface area contributed by atoms with E-state index in [0.717, 1.165) is 16.9 Å². The van der Waals surface area contributed by atoms with E-state index in [2.05, 4.69) is 50.6 Å². The van der Waals surface area contributed by atoms with Gasteiger partial charge in [0.05, 0.1) is 36.9 Å². The van der Waals surface area contributed by atoms with E-state index in [4.69, 9.17) is 14.2 Å². The molecule has 0 aromatic heterocycles. The van der Waals surface area contributed by atoms with Crippen molar-refractivity contribution in [2.45, 2.75) is 273 Å². The van der Waals surface area contributed by atoms with Crippen LogP contribution in [0, 0.1) is 11.8 Å². The molecule has 5 aliphatic heterocycles. The second kappa shape index (κ2) is 52.5. The molecule has 27 nitrogen and oxygen atoms in total. The number of ether oxygens (including phenoxy) is 4. The van der Waals surface area contributed by atoms with Crippen molar-refractivity contribution in [2.24, 2.45) is 11.8 Å². The summed E-state index contributed by atoms with van der Waals surface area (Å²) in [7, 11) is -6.66. The number of amides is 8. The Balaban J connectivity index is -0.000000244. The van der Waals surface area contributed by atoms with Gasteiger partial charge in [-0.15, -0.1) is 0 Å². The fourth-order valence-corrected chi connectivity index (χ4v) is 8.15. The molecule has 29 heteroatoms. The van der Waals surface area contributed by atoms with Gasteiger partial charge in [-0.2, -0.15) is 8.42 Å². The normalized spacial score (nSPS) is 16.1. The van der Waals surface area contributed by atoms with Gasteiger partial charge < -0.3 is 29.6 Å². The number of sulfonamides is 1. The lowest BCUT2D eigenvalue weighted by molar-refractivity contribution is -0.147. The number of ketones is 2. The third kappa shape index (κ3) is 50.8. The Morgan fingerprint density at radius 1 is 0.570 bits per heavy atom. The van der Waals surface area contributed by atoms with Gasteiger partial charge in [0, 0.05) is 107 Å². The van der Waals surface area contributed by atoms with E-state index >= 15 is 0 Å². The van der Waals surface area contributed by atoms with Gasteiger partial charge in [-0.25, -0.2) is 17.9 Å². The SMILES string of the molecule is C=CC(=O)NC(C)C.C=CC(=O)OC(C)C.C=CS(=O)(=O)NC(C)C.C=CS(=O)(=O)OC(C)C.CC(C)C(=O)C1(C)CO1.CC(C)C(=O)C1CO1.CC(C)N1C(=O)C=CC1=O.CC1=C(C)C(=O)N(C(C)C)C1=O.CC1=CC(=O)N(C(C)C)C1=O.CCC(=O)NC(C)C.CCC(=O)OC(C)C. The first kappa shape index (κ1) is 104. The maximum atomic E-state index is 11.4. The van der Waals surface area contributed by atoms with Gasteiger partial charge in [0.1, 0.15) is 11.7 Å². The number of hydrogen-bond donors (Lipinski definition) is 3. The predicted octanol–water partition coefficient (Wildman–Crippen LogP) is 9.17. The minimum atomic E-state index is -3.45. The standard InChI is InChI=1S/C9H13NO2.C8H11NO2.C7H9NO2.C7H12O2.C6H13NO.C6H11NO.C6H10O2.C6H12O2.C6H10O2.C5H11NO2S.C5H10O3S/c1-5(2)10-8(11)6(3)7(4)9(10)12;1-5(2)9-7(10)4-6(3)8(9)11;1-5(2)8-6(9)3-4-7(8)10;1-5(2)6(8)7(3)4-9-7;2*1-4-6(8)7-5(2)3;1-4(2)6(7)5-3-8-5;2*1-4-6(7)8-5(2)3;1-4-9(7,8)6-5(2)3;1-4-9(6,7)8-5(2)3/h5H,1-4H3;4-5H,1-3H3;3-5H,1-2H3;5H,4H2,1-3H3;5H,4H2,1-3H3,(H,7,8);4-5H,1H2,2-3H3,(H,7,8);4-5H,3H2,1-2H3;5H,4H2,1-3H3;4-5H,1H2,2-3H3;4-6H,1H2,2-3H3;4-5H,1H2,2-3H3. The van der Waals surface area contributed by atoms with Crippen LogP contribution in [0.5, 0.6) is 0 Å². The maximum Gasteiger partial charge on any atom is 0.330 e. The molecule has 5 heterocycles. The zero-order valence-corrected chi connectivity index (χ0v) is 66.5. The average molecular weight is 1460 g/mol. The predicted molar refractivity (Wildman–Crippen MR) is 389 cm³/mol. The minimum absolute atomic E-state index is 0.0300. The van der Waals surface area contributed by atoms with Gasteiger partial charge in [0.2, 0.25) is 21.8 Å². The summed E-state index contributed by atoms with van der Waals surface area (Å²) in [6.07, 6.45) is 7.06. The lowest BCUT2D eigenvalue weighted by Gasteiger charge is -2.18. The van der Waals surface area contributed by atoms with Crippen molar-refractivity contribution in [3.63, 3.8) is 0 Å². The highest BCUT2D eigenvalue weighted by molar-refractivity contribution is 7.92. The van der Waals surface area contributed by atoms with Crippen LogP contribution in [0.15, 0.2) is 84.2 Å². The van der Waals surface area contributed by atoms with Crippen molar-refractivity contribution in [1.82, 2.24) is 30.1 Å². The first-order valence-corrected chi connectivity index (χ1v) is 36.0. The van der Waals surface area contributed by atoms with E-state index in [0.29, 0.717) is 42.8 Å². The molecule has 3 N–H and O–H groups in total. The molecule has 0 aromatic carbocycles. The van der Waals surface area contributed by atoms with Crippen molar-refractivity contribution >= 4 is 90.9 Å². The Labute approximate surface area is 598 Å². The Bertz CT molecular complexity index is 2900. The average Bonchev–Trinajstić information content (AvgIpc) is 1.66. The molecule has 0 aliphatic carbocycles. The van der Waals surface area contributed by atoms with E-state index in [9.17, 15) is 74.4 Å². The quantitative estimate of drug-likeness (QED) is 0.0317.